The van der Waals surface area contributed by atoms with Crippen LogP contribution in [0, 0.1) is 5.82 Å². The van der Waals surface area contributed by atoms with Crippen LogP contribution >= 0.6 is 0 Å². The van der Waals surface area contributed by atoms with Gasteiger partial charge in [-0.25, -0.2) is 9.37 Å². The first-order chi connectivity index (χ1) is 19.4. The van der Waals surface area contributed by atoms with Crippen molar-refractivity contribution in [3.63, 3.8) is 0 Å². The topological polar surface area (TPSA) is 101 Å². The molecule has 1 unspecified atom stereocenters. The molecule has 3 aromatic rings. The molecule has 3 amide bonds. The van der Waals surface area contributed by atoms with Gasteiger partial charge in [0.1, 0.15) is 23.4 Å². The Hall–Kier alpha value is -4.27. The van der Waals surface area contributed by atoms with Crippen molar-refractivity contribution in [2.75, 3.05) is 16.8 Å². The molecule has 0 bridgehead atoms. The van der Waals surface area contributed by atoms with Crippen molar-refractivity contribution < 1.29 is 23.5 Å². The van der Waals surface area contributed by atoms with Gasteiger partial charge in [0.05, 0.1) is 6.61 Å². The van der Waals surface area contributed by atoms with Gasteiger partial charge >= 0.3 is 0 Å². The number of pyridine rings is 1. The highest BCUT2D eigenvalue weighted by atomic mass is 19.1. The maximum Gasteiger partial charge on any atom is 0.248 e. The van der Waals surface area contributed by atoms with E-state index in [1.807, 2.05) is 6.92 Å². The fourth-order valence-electron chi connectivity index (χ4n) is 4.91. The average Bonchev–Trinajstić information content (AvgIpc) is 3.46. The van der Waals surface area contributed by atoms with Crippen molar-refractivity contribution >= 4 is 29.2 Å². The smallest absolute Gasteiger partial charge is 0.248 e. The number of rotatable bonds is 12. The van der Waals surface area contributed by atoms with Gasteiger partial charge in [-0.3, -0.25) is 19.3 Å². The Morgan fingerprint density at radius 1 is 1.02 bits per heavy atom. The molecule has 1 aromatic heterocycles. The molecule has 1 atom stereocenters. The van der Waals surface area contributed by atoms with Gasteiger partial charge in [-0.1, -0.05) is 37.1 Å². The number of halogens is 1. The largest absolute Gasteiger partial charge is 0.494 e. The normalized spacial score (nSPS) is 13.8. The number of anilines is 2. The van der Waals surface area contributed by atoms with Gasteiger partial charge in [0, 0.05) is 30.8 Å². The summed E-state index contributed by atoms with van der Waals surface area (Å²) in [5, 5.41) is 5.82. The van der Waals surface area contributed by atoms with Gasteiger partial charge < -0.3 is 15.4 Å². The molecular weight excluding hydrogens is 511 g/mol. The molecule has 1 saturated carbocycles. The van der Waals surface area contributed by atoms with Gasteiger partial charge in [0.25, 0.3) is 0 Å². The number of hydrogen-bond donors (Lipinski definition) is 2. The molecule has 210 valence electrons. The second kappa shape index (κ2) is 14.2. The average molecular weight is 547 g/mol. The lowest BCUT2D eigenvalue weighted by Gasteiger charge is -2.32. The Balaban J connectivity index is 1.58. The molecule has 4 rings (SSSR count). The Morgan fingerprint density at radius 2 is 1.80 bits per heavy atom. The minimum atomic E-state index is -1.03. The van der Waals surface area contributed by atoms with Crippen molar-refractivity contribution in [3.05, 3.63) is 84.3 Å². The number of carbonyl (C=O) groups is 3. The summed E-state index contributed by atoms with van der Waals surface area (Å²) < 4.78 is 19.9. The highest BCUT2D eigenvalue weighted by molar-refractivity contribution is 6.01. The summed E-state index contributed by atoms with van der Waals surface area (Å²) in [7, 11) is 0. The molecule has 1 aliphatic rings. The van der Waals surface area contributed by atoms with Crippen LogP contribution in [0.1, 0.15) is 63.5 Å². The Morgan fingerprint density at radius 3 is 2.48 bits per heavy atom. The lowest BCUT2D eigenvalue weighted by Crippen LogP contribution is -2.46. The summed E-state index contributed by atoms with van der Waals surface area (Å²) in [5.41, 5.74) is 0.841. The van der Waals surface area contributed by atoms with E-state index >= 15 is 0 Å². The van der Waals surface area contributed by atoms with E-state index in [4.69, 9.17) is 4.74 Å². The van der Waals surface area contributed by atoms with Gasteiger partial charge in [0.15, 0.2) is 0 Å². The first-order valence-electron chi connectivity index (χ1n) is 13.8. The lowest BCUT2D eigenvalue weighted by atomic mass is 10.0. The molecule has 1 fully saturated rings. The number of ether oxygens (including phenoxy) is 1. The third-order valence-electron chi connectivity index (χ3n) is 6.80. The quantitative estimate of drug-likeness (QED) is 0.310. The zero-order chi connectivity index (χ0) is 28.3. The molecule has 8 nitrogen and oxygen atoms in total. The summed E-state index contributed by atoms with van der Waals surface area (Å²) in [6.07, 6.45) is 5.70. The standard InChI is InChI=1S/C31H35FN4O4/c1-2-40-26-18-16-22(17-19-26)30(31(39)34-24-10-3-4-11-24)36(25-12-7-9-23(32)21-25)29(38)15-8-14-28(37)35-27-13-5-6-20-33-27/h5-7,9,12-13,16-21,24,30H,2-4,8,10-11,14-15H2,1H3,(H,34,39)(H,33,35,37). The van der Waals surface area contributed by atoms with Crippen LogP contribution in [-0.4, -0.2) is 35.4 Å². The maximum absolute atomic E-state index is 14.4. The van der Waals surface area contributed by atoms with Crippen LogP contribution in [0.2, 0.25) is 0 Å². The van der Waals surface area contributed by atoms with Crippen LogP contribution in [0.4, 0.5) is 15.9 Å². The van der Waals surface area contributed by atoms with E-state index in [2.05, 4.69) is 15.6 Å². The summed E-state index contributed by atoms with van der Waals surface area (Å²) in [6.45, 7) is 2.37. The molecule has 0 aliphatic heterocycles. The number of aromatic nitrogens is 1. The van der Waals surface area contributed by atoms with Crippen LogP contribution < -0.4 is 20.3 Å². The van der Waals surface area contributed by atoms with E-state index in [1.165, 1.54) is 23.1 Å². The van der Waals surface area contributed by atoms with E-state index in [-0.39, 0.29) is 42.8 Å². The van der Waals surface area contributed by atoms with Crippen molar-refractivity contribution in [2.24, 2.45) is 0 Å². The molecule has 0 spiro atoms. The molecule has 0 radical (unpaired) electrons. The van der Waals surface area contributed by atoms with Crippen molar-refractivity contribution in [3.8, 4) is 5.75 Å². The van der Waals surface area contributed by atoms with Crippen LogP contribution in [0.3, 0.4) is 0 Å². The second-order valence-corrected chi connectivity index (χ2v) is 9.75. The highest BCUT2D eigenvalue weighted by Gasteiger charge is 2.34. The Bertz CT molecular complexity index is 1280. The molecule has 2 N–H and O–H groups in total. The van der Waals surface area contributed by atoms with Crippen LogP contribution in [0.5, 0.6) is 5.75 Å². The first-order valence-corrected chi connectivity index (χ1v) is 13.8. The van der Waals surface area contributed by atoms with Crippen molar-refractivity contribution in [1.82, 2.24) is 10.3 Å². The first kappa shape index (κ1) is 28.7. The molecule has 1 aliphatic carbocycles. The number of nitrogens with one attached hydrogen (secondary N) is 2. The summed E-state index contributed by atoms with van der Waals surface area (Å²) in [5.74, 6) is -0.445. The van der Waals surface area contributed by atoms with Crippen LogP contribution in [-0.2, 0) is 14.4 Å². The SMILES string of the molecule is CCOc1ccc(C(C(=O)NC2CCCC2)N(C(=O)CCCC(=O)Nc2ccccn2)c2cccc(F)c2)cc1. The maximum atomic E-state index is 14.4. The third-order valence-corrected chi connectivity index (χ3v) is 6.80. The number of nitrogens with zero attached hydrogens (tertiary/aromatic N) is 2. The number of carbonyl (C=O) groups excluding carboxylic acids is 3. The zero-order valence-electron chi connectivity index (χ0n) is 22.6. The molecule has 1 heterocycles. The Kier molecular flexibility index (Phi) is 10.2. The van der Waals surface area contributed by atoms with E-state index < -0.39 is 17.8 Å². The zero-order valence-corrected chi connectivity index (χ0v) is 22.6. The van der Waals surface area contributed by atoms with E-state index in [0.29, 0.717) is 23.7 Å². The minimum Gasteiger partial charge on any atom is -0.494 e. The number of hydrogen-bond acceptors (Lipinski definition) is 5. The van der Waals surface area contributed by atoms with E-state index in [1.54, 1.807) is 54.7 Å². The number of amides is 3. The summed E-state index contributed by atoms with van der Waals surface area (Å²) in [4.78, 5) is 45.4. The molecule has 40 heavy (non-hydrogen) atoms. The van der Waals surface area contributed by atoms with Crippen molar-refractivity contribution in [2.45, 2.75) is 64.0 Å². The minimum absolute atomic E-state index is 0.0175. The molecule has 0 saturated heterocycles. The van der Waals surface area contributed by atoms with Crippen LogP contribution in [0.25, 0.3) is 0 Å². The van der Waals surface area contributed by atoms with Crippen molar-refractivity contribution in [1.29, 1.82) is 0 Å². The fraction of sp³-hybridized carbons (Fsp3) is 0.355. The highest BCUT2D eigenvalue weighted by Crippen LogP contribution is 2.31. The predicted octanol–water partition coefficient (Wildman–Crippen LogP) is 5.56. The third kappa shape index (κ3) is 7.88. The molecule has 2 aromatic carbocycles. The summed E-state index contributed by atoms with van der Waals surface area (Å²) in [6, 6.07) is 16.9. The van der Waals surface area contributed by atoms with Gasteiger partial charge in [-0.15, -0.1) is 0 Å². The van der Waals surface area contributed by atoms with Gasteiger partial charge in [-0.05, 0) is 74.2 Å². The van der Waals surface area contributed by atoms with Gasteiger partial charge in [0.2, 0.25) is 17.7 Å². The van der Waals surface area contributed by atoms with E-state index in [9.17, 15) is 18.8 Å². The summed E-state index contributed by atoms with van der Waals surface area (Å²) >= 11 is 0. The second-order valence-electron chi connectivity index (χ2n) is 9.75. The lowest BCUT2D eigenvalue weighted by molar-refractivity contribution is -0.127. The molecular formula is C31H35FN4O4. The van der Waals surface area contributed by atoms with E-state index in [0.717, 1.165) is 25.7 Å². The Labute approximate surface area is 233 Å². The van der Waals surface area contributed by atoms with Gasteiger partial charge in [-0.2, -0.15) is 0 Å². The monoisotopic (exact) mass is 546 g/mol. The fourth-order valence-corrected chi connectivity index (χ4v) is 4.91. The molecule has 9 heteroatoms. The van der Waals surface area contributed by atoms with Crippen LogP contribution in [0.15, 0.2) is 72.9 Å². The predicted molar refractivity (Wildman–Crippen MR) is 151 cm³/mol. The number of benzene rings is 2.